The van der Waals surface area contributed by atoms with Crippen molar-refractivity contribution in [1.82, 2.24) is 4.72 Å². The molecule has 7 heteroatoms. The first-order valence-corrected chi connectivity index (χ1v) is 8.09. The van der Waals surface area contributed by atoms with Crippen LogP contribution in [-0.2, 0) is 14.8 Å². The van der Waals surface area contributed by atoms with Crippen molar-refractivity contribution in [3.8, 4) is 0 Å². The number of hydrogen-bond donors (Lipinski definition) is 2. The third kappa shape index (κ3) is 5.60. The van der Waals surface area contributed by atoms with Crippen LogP contribution < -0.4 is 10.5 Å². The fourth-order valence-corrected chi connectivity index (χ4v) is 3.69. The first-order valence-electron chi connectivity index (χ1n) is 6.14. The molecule has 0 aromatic rings. The van der Waals surface area contributed by atoms with Gasteiger partial charge in [0.25, 0.3) is 0 Å². The summed E-state index contributed by atoms with van der Waals surface area (Å²) in [6.45, 7) is 8.40. The van der Waals surface area contributed by atoms with Crippen molar-refractivity contribution in [1.29, 1.82) is 0 Å². The Bertz CT molecular complexity index is 355. The van der Waals surface area contributed by atoms with Crippen molar-refractivity contribution in [2.24, 2.45) is 11.7 Å². The molecule has 0 saturated heterocycles. The molecular formula is C11H24N2O3S2. The van der Waals surface area contributed by atoms with Gasteiger partial charge in [0.15, 0.2) is 0 Å². The summed E-state index contributed by atoms with van der Waals surface area (Å²) in [6, 6.07) is -0.265. The molecule has 0 aromatic carbocycles. The van der Waals surface area contributed by atoms with Gasteiger partial charge in [-0.1, -0.05) is 33.0 Å². The van der Waals surface area contributed by atoms with Crippen LogP contribution in [0.1, 0.15) is 34.1 Å². The molecule has 2 atom stereocenters. The SMILES string of the molecule is CCOCC(NS(=O)(=O)C(CC)C(N)=S)C(C)C. The first-order chi connectivity index (χ1) is 8.26. The molecule has 0 heterocycles. The number of rotatable bonds is 9. The van der Waals surface area contributed by atoms with E-state index >= 15 is 0 Å². The fraction of sp³-hybridized carbons (Fsp3) is 0.909. The summed E-state index contributed by atoms with van der Waals surface area (Å²) in [6.07, 6.45) is 0.365. The van der Waals surface area contributed by atoms with Crippen LogP contribution in [0.4, 0.5) is 0 Å². The van der Waals surface area contributed by atoms with Crippen molar-refractivity contribution in [2.45, 2.75) is 45.4 Å². The number of ether oxygens (including phenoxy) is 1. The lowest BCUT2D eigenvalue weighted by Gasteiger charge is -2.24. The minimum atomic E-state index is -3.54. The molecule has 0 amide bonds. The van der Waals surface area contributed by atoms with Gasteiger partial charge in [0.1, 0.15) is 5.25 Å². The quantitative estimate of drug-likeness (QED) is 0.621. The maximum absolute atomic E-state index is 12.1. The molecule has 0 radical (unpaired) electrons. The van der Waals surface area contributed by atoms with Gasteiger partial charge in [0.05, 0.1) is 11.6 Å². The monoisotopic (exact) mass is 296 g/mol. The van der Waals surface area contributed by atoms with E-state index in [1.165, 1.54) is 0 Å². The Morgan fingerprint density at radius 2 is 1.94 bits per heavy atom. The van der Waals surface area contributed by atoms with Gasteiger partial charge < -0.3 is 10.5 Å². The van der Waals surface area contributed by atoms with E-state index in [9.17, 15) is 8.42 Å². The molecule has 5 nitrogen and oxygen atoms in total. The first kappa shape index (κ1) is 17.8. The van der Waals surface area contributed by atoms with E-state index in [0.29, 0.717) is 19.6 Å². The highest BCUT2D eigenvalue weighted by Gasteiger charge is 2.30. The summed E-state index contributed by atoms with van der Waals surface area (Å²) in [5.41, 5.74) is 5.47. The van der Waals surface area contributed by atoms with E-state index in [-0.39, 0.29) is 16.9 Å². The minimum Gasteiger partial charge on any atom is -0.392 e. The average Bonchev–Trinajstić information content (AvgIpc) is 2.23. The summed E-state index contributed by atoms with van der Waals surface area (Å²) in [5.74, 6) is 0.134. The Morgan fingerprint density at radius 1 is 1.39 bits per heavy atom. The molecular weight excluding hydrogens is 272 g/mol. The maximum atomic E-state index is 12.1. The number of nitrogens with one attached hydrogen (secondary N) is 1. The van der Waals surface area contributed by atoms with Crippen LogP contribution in [0.3, 0.4) is 0 Å². The zero-order valence-corrected chi connectivity index (χ0v) is 13.1. The summed E-state index contributed by atoms with van der Waals surface area (Å²) < 4.78 is 32.2. The second-order valence-electron chi connectivity index (χ2n) is 4.47. The predicted molar refractivity (Wildman–Crippen MR) is 78.0 cm³/mol. The van der Waals surface area contributed by atoms with E-state index < -0.39 is 15.3 Å². The van der Waals surface area contributed by atoms with Crippen molar-refractivity contribution < 1.29 is 13.2 Å². The zero-order chi connectivity index (χ0) is 14.3. The number of nitrogens with two attached hydrogens (primary N) is 1. The van der Waals surface area contributed by atoms with Gasteiger partial charge in [0.2, 0.25) is 10.0 Å². The lowest BCUT2D eigenvalue weighted by molar-refractivity contribution is 0.116. The Kier molecular flexibility index (Phi) is 7.93. The second kappa shape index (κ2) is 8.04. The second-order valence-corrected chi connectivity index (χ2v) is 6.84. The smallest absolute Gasteiger partial charge is 0.221 e. The number of hydrogen-bond acceptors (Lipinski definition) is 4. The lowest BCUT2D eigenvalue weighted by atomic mass is 10.1. The van der Waals surface area contributed by atoms with Crippen LogP contribution in [0, 0.1) is 5.92 Å². The Morgan fingerprint density at radius 3 is 2.28 bits per heavy atom. The molecule has 0 saturated carbocycles. The summed E-state index contributed by atoms with van der Waals surface area (Å²) in [4.78, 5) is 0.00363. The minimum absolute atomic E-state index is 0.00363. The zero-order valence-electron chi connectivity index (χ0n) is 11.5. The third-order valence-electron chi connectivity index (χ3n) is 2.68. The highest BCUT2D eigenvalue weighted by Crippen LogP contribution is 2.10. The Labute approximate surface area is 116 Å². The Balaban J connectivity index is 4.84. The van der Waals surface area contributed by atoms with Crippen LogP contribution >= 0.6 is 12.2 Å². The number of thiocarbonyl (C=S) groups is 1. The lowest BCUT2D eigenvalue weighted by Crippen LogP contribution is -2.49. The molecule has 0 aliphatic heterocycles. The predicted octanol–water partition coefficient (Wildman–Crippen LogP) is 1.03. The van der Waals surface area contributed by atoms with Crippen LogP contribution in [0.2, 0.25) is 0 Å². The molecule has 0 aliphatic carbocycles. The topological polar surface area (TPSA) is 81.4 Å². The average molecular weight is 296 g/mol. The molecule has 0 spiro atoms. The van der Waals surface area contributed by atoms with Gasteiger partial charge in [-0.3, -0.25) is 0 Å². The van der Waals surface area contributed by atoms with Gasteiger partial charge in [-0.2, -0.15) is 0 Å². The molecule has 0 rings (SSSR count). The largest absolute Gasteiger partial charge is 0.392 e. The summed E-state index contributed by atoms with van der Waals surface area (Å²) in [5, 5.41) is -0.824. The fourth-order valence-electron chi connectivity index (χ4n) is 1.47. The molecule has 2 unspecified atom stereocenters. The van der Waals surface area contributed by atoms with Crippen molar-refractivity contribution in [2.75, 3.05) is 13.2 Å². The van der Waals surface area contributed by atoms with Crippen molar-refractivity contribution in [3.05, 3.63) is 0 Å². The van der Waals surface area contributed by atoms with Gasteiger partial charge in [-0.05, 0) is 19.3 Å². The molecule has 0 aliphatic rings. The highest BCUT2D eigenvalue weighted by molar-refractivity contribution is 7.93. The van der Waals surface area contributed by atoms with E-state index in [1.54, 1.807) is 6.92 Å². The molecule has 3 N–H and O–H groups in total. The van der Waals surface area contributed by atoms with E-state index in [2.05, 4.69) is 4.72 Å². The Hall–Kier alpha value is -0.240. The number of sulfonamides is 1. The van der Waals surface area contributed by atoms with Crippen molar-refractivity contribution >= 4 is 27.2 Å². The van der Waals surface area contributed by atoms with Crippen LogP contribution in [0.5, 0.6) is 0 Å². The standard InChI is InChI=1S/C11H24N2O3S2/c1-5-10(11(12)17)18(14,15)13-9(8(3)4)7-16-6-2/h8-10,13H,5-7H2,1-4H3,(H2,12,17). The van der Waals surface area contributed by atoms with Crippen LogP contribution in [-0.4, -0.2) is 37.9 Å². The normalized spacial score (nSPS) is 15.6. The molecule has 108 valence electrons. The van der Waals surface area contributed by atoms with E-state index in [0.717, 1.165) is 0 Å². The van der Waals surface area contributed by atoms with E-state index in [1.807, 2.05) is 20.8 Å². The van der Waals surface area contributed by atoms with E-state index in [4.69, 9.17) is 22.7 Å². The molecule has 0 fully saturated rings. The molecule has 18 heavy (non-hydrogen) atoms. The van der Waals surface area contributed by atoms with Gasteiger partial charge in [0, 0.05) is 12.6 Å². The van der Waals surface area contributed by atoms with Crippen molar-refractivity contribution in [3.63, 3.8) is 0 Å². The van der Waals surface area contributed by atoms with Gasteiger partial charge in [-0.25, -0.2) is 13.1 Å². The third-order valence-corrected chi connectivity index (χ3v) is 5.09. The summed E-state index contributed by atoms with van der Waals surface area (Å²) in [7, 11) is -3.54. The summed E-state index contributed by atoms with van der Waals surface area (Å²) >= 11 is 4.80. The van der Waals surface area contributed by atoms with Gasteiger partial charge in [-0.15, -0.1) is 0 Å². The van der Waals surface area contributed by atoms with Crippen LogP contribution in [0.15, 0.2) is 0 Å². The molecule has 0 bridgehead atoms. The maximum Gasteiger partial charge on any atom is 0.221 e. The highest BCUT2D eigenvalue weighted by atomic mass is 32.2. The van der Waals surface area contributed by atoms with Crippen LogP contribution in [0.25, 0.3) is 0 Å². The van der Waals surface area contributed by atoms with Gasteiger partial charge >= 0.3 is 0 Å². The molecule has 0 aromatic heterocycles.